The predicted octanol–water partition coefficient (Wildman–Crippen LogP) is 3.64. The van der Waals surface area contributed by atoms with Crippen LogP contribution in [0.2, 0.25) is 0 Å². The third kappa shape index (κ3) is 4.02. The van der Waals surface area contributed by atoms with Gasteiger partial charge in [-0.05, 0) is 37.6 Å². The summed E-state index contributed by atoms with van der Waals surface area (Å²) in [5, 5.41) is 7.08. The Morgan fingerprint density at radius 1 is 1.04 bits per heavy atom. The molecule has 124 valence electrons. The molecule has 0 bridgehead atoms. The third-order valence-corrected chi connectivity index (χ3v) is 4.86. The molecule has 3 aromatic rings. The van der Waals surface area contributed by atoms with E-state index in [0.717, 1.165) is 28.1 Å². The molecule has 1 aromatic heterocycles. The van der Waals surface area contributed by atoms with Gasteiger partial charge in [-0.3, -0.25) is 9.82 Å². The van der Waals surface area contributed by atoms with Crippen LogP contribution in [0.4, 0.5) is 5.69 Å². The number of hydrogen-bond donors (Lipinski definition) is 2. The van der Waals surface area contributed by atoms with Crippen LogP contribution in [0.3, 0.4) is 0 Å². The van der Waals surface area contributed by atoms with Crippen LogP contribution in [0.5, 0.6) is 0 Å². The molecular weight excluding hydrogens is 322 g/mol. The van der Waals surface area contributed by atoms with E-state index in [1.807, 2.05) is 56.3 Å². The molecule has 0 saturated carbocycles. The molecule has 0 unspecified atom stereocenters. The third-order valence-electron chi connectivity index (χ3n) is 3.60. The van der Waals surface area contributed by atoms with Gasteiger partial charge in [0, 0.05) is 16.9 Å². The molecule has 0 atom stereocenters. The topological polar surface area (TPSA) is 74.8 Å². The number of aryl methyl sites for hydroxylation is 2. The van der Waals surface area contributed by atoms with Gasteiger partial charge >= 0.3 is 0 Å². The van der Waals surface area contributed by atoms with Crippen molar-refractivity contribution in [3.8, 4) is 11.3 Å². The highest BCUT2D eigenvalue weighted by Crippen LogP contribution is 2.21. The molecule has 0 fully saturated rings. The lowest BCUT2D eigenvalue weighted by atomic mass is 10.1. The Hall–Kier alpha value is -2.60. The molecule has 0 aliphatic carbocycles. The van der Waals surface area contributed by atoms with E-state index in [9.17, 15) is 8.42 Å². The molecule has 6 heteroatoms. The van der Waals surface area contributed by atoms with Crippen molar-refractivity contribution in [1.82, 2.24) is 10.2 Å². The van der Waals surface area contributed by atoms with E-state index in [0.29, 0.717) is 5.69 Å². The van der Waals surface area contributed by atoms with Crippen molar-refractivity contribution in [2.24, 2.45) is 0 Å². The molecule has 0 radical (unpaired) electrons. The Kier molecular flexibility index (Phi) is 4.40. The molecule has 24 heavy (non-hydrogen) atoms. The van der Waals surface area contributed by atoms with Gasteiger partial charge in [-0.25, -0.2) is 8.42 Å². The summed E-state index contributed by atoms with van der Waals surface area (Å²) in [5.41, 5.74) is 5.10. The Labute approximate surface area is 141 Å². The molecule has 0 amide bonds. The number of nitrogens with zero attached hydrogens (tertiary/aromatic N) is 1. The average Bonchev–Trinajstić information content (AvgIpc) is 2.93. The molecular formula is C18H19N3O2S. The van der Waals surface area contributed by atoms with E-state index < -0.39 is 10.0 Å². The van der Waals surface area contributed by atoms with Crippen LogP contribution in [-0.2, 0) is 15.8 Å². The van der Waals surface area contributed by atoms with Gasteiger partial charge in [0.15, 0.2) is 0 Å². The molecule has 0 aliphatic heterocycles. The van der Waals surface area contributed by atoms with Gasteiger partial charge in [0.05, 0.1) is 11.4 Å². The number of benzene rings is 2. The smallest absolute Gasteiger partial charge is 0.236 e. The van der Waals surface area contributed by atoms with Crippen LogP contribution >= 0.6 is 0 Å². The van der Waals surface area contributed by atoms with E-state index in [-0.39, 0.29) is 5.75 Å². The van der Waals surface area contributed by atoms with Crippen molar-refractivity contribution < 1.29 is 8.42 Å². The summed E-state index contributed by atoms with van der Waals surface area (Å²) in [5.74, 6) is -0.0466. The molecule has 1 heterocycles. The van der Waals surface area contributed by atoms with Crippen LogP contribution in [0, 0.1) is 13.8 Å². The molecule has 2 N–H and O–H groups in total. The van der Waals surface area contributed by atoms with E-state index >= 15 is 0 Å². The number of rotatable bonds is 5. The number of aromatic amines is 1. The largest absolute Gasteiger partial charge is 0.283 e. The van der Waals surface area contributed by atoms with Crippen LogP contribution in [0.25, 0.3) is 11.3 Å². The quantitative estimate of drug-likeness (QED) is 0.744. The summed E-state index contributed by atoms with van der Waals surface area (Å²) >= 11 is 0. The number of hydrogen-bond acceptors (Lipinski definition) is 3. The fraction of sp³-hybridized carbons (Fsp3) is 0.167. The molecule has 0 saturated heterocycles. The highest BCUT2D eigenvalue weighted by Gasteiger charge is 2.12. The van der Waals surface area contributed by atoms with Gasteiger partial charge in [0.2, 0.25) is 10.0 Å². The minimum Gasteiger partial charge on any atom is -0.283 e. The first-order valence-electron chi connectivity index (χ1n) is 7.60. The summed E-state index contributed by atoms with van der Waals surface area (Å²) in [4.78, 5) is 0. The lowest BCUT2D eigenvalue weighted by molar-refractivity contribution is 0.600. The average molecular weight is 341 g/mol. The molecule has 2 aromatic carbocycles. The maximum absolute atomic E-state index is 12.3. The lowest BCUT2D eigenvalue weighted by Gasteiger charge is -2.09. The first-order chi connectivity index (χ1) is 11.4. The first-order valence-corrected chi connectivity index (χ1v) is 9.25. The fourth-order valence-corrected chi connectivity index (χ4v) is 3.70. The fourth-order valence-electron chi connectivity index (χ4n) is 2.51. The number of anilines is 1. The standard InChI is InChI=1S/C18H19N3O2S/c1-13-4-3-5-15(10-13)12-24(22,23)21-17-8-6-16(7-9-17)18-11-14(2)19-20-18/h3-11,21H,12H2,1-2H3,(H,19,20). The van der Waals surface area contributed by atoms with E-state index in [4.69, 9.17) is 0 Å². The number of aromatic nitrogens is 2. The van der Waals surface area contributed by atoms with E-state index in [2.05, 4.69) is 14.9 Å². The van der Waals surface area contributed by atoms with Gasteiger partial charge in [-0.2, -0.15) is 5.10 Å². The molecule has 3 rings (SSSR count). The SMILES string of the molecule is Cc1cccc(CS(=O)(=O)Nc2ccc(-c3cc(C)[nH]n3)cc2)c1. The minimum atomic E-state index is -3.45. The summed E-state index contributed by atoms with van der Waals surface area (Å²) in [6.07, 6.45) is 0. The zero-order chi connectivity index (χ0) is 17.2. The Balaban J connectivity index is 1.73. The first kappa shape index (κ1) is 16.3. The zero-order valence-electron chi connectivity index (χ0n) is 13.6. The second-order valence-corrected chi connectivity index (χ2v) is 7.59. The summed E-state index contributed by atoms with van der Waals surface area (Å²) in [6, 6.07) is 16.6. The molecule has 0 aliphatic rings. The van der Waals surface area contributed by atoms with Crippen LogP contribution < -0.4 is 4.72 Å². The highest BCUT2D eigenvalue weighted by molar-refractivity contribution is 7.91. The summed E-state index contributed by atoms with van der Waals surface area (Å²) < 4.78 is 27.2. The van der Waals surface area contributed by atoms with Crippen molar-refractivity contribution in [1.29, 1.82) is 0 Å². The monoisotopic (exact) mass is 341 g/mol. The number of nitrogens with one attached hydrogen (secondary N) is 2. The van der Waals surface area contributed by atoms with Gasteiger partial charge in [-0.1, -0.05) is 42.0 Å². The summed E-state index contributed by atoms with van der Waals surface area (Å²) in [6.45, 7) is 3.88. The Morgan fingerprint density at radius 3 is 2.42 bits per heavy atom. The molecule has 0 spiro atoms. The minimum absolute atomic E-state index is 0.0466. The Bertz CT molecular complexity index is 944. The Morgan fingerprint density at radius 2 is 1.79 bits per heavy atom. The van der Waals surface area contributed by atoms with Crippen molar-refractivity contribution in [3.05, 3.63) is 71.4 Å². The maximum Gasteiger partial charge on any atom is 0.236 e. The lowest BCUT2D eigenvalue weighted by Crippen LogP contribution is -2.15. The van der Waals surface area contributed by atoms with Crippen molar-refractivity contribution >= 4 is 15.7 Å². The van der Waals surface area contributed by atoms with Crippen LogP contribution in [-0.4, -0.2) is 18.6 Å². The van der Waals surface area contributed by atoms with Gasteiger partial charge in [-0.15, -0.1) is 0 Å². The van der Waals surface area contributed by atoms with Gasteiger partial charge in [0.1, 0.15) is 0 Å². The zero-order valence-corrected chi connectivity index (χ0v) is 14.4. The van der Waals surface area contributed by atoms with Crippen LogP contribution in [0.1, 0.15) is 16.8 Å². The number of H-pyrrole nitrogens is 1. The predicted molar refractivity (Wildman–Crippen MR) is 96.2 cm³/mol. The van der Waals surface area contributed by atoms with Crippen LogP contribution in [0.15, 0.2) is 54.6 Å². The normalized spacial score (nSPS) is 11.4. The van der Waals surface area contributed by atoms with Gasteiger partial charge < -0.3 is 0 Å². The van der Waals surface area contributed by atoms with Crippen molar-refractivity contribution in [3.63, 3.8) is 0 Å². The van der Waals surface area contributed by atoms with Crippen molar-refractivity contribution in [2.45, 2.75) is 19.6 Å². The maximum atomic E-state index is 12.3. The molecule has 5 nitrogen and oxygen atoms in total. The van der Waals surface area contributed by atoms with Crippen molar-refractivity contribution in [2.75, 3.05) is 4.72 Å². The van der Waals surface area contributed by atoms with E-state index in [1.54, 1.807) is 12.1 Å². The van der Waals surface area contributed by atoms with E-state index in [1.165, 1.54) is 0 Å². The summed E-state index contributed by atoms with van der Waals surface area (Å²) in [7, 11) is -3.45. The second kappa shape index (κ2) is 6.49. The highest BCUT2D eigenvalue weighted by atomic mass is 32.2. The van der Waals surface area contributed by atoms with Gasteiger partial charge in [0.25, 0.3) is 0 Å². The number of sulfonamides is 1. The second-order valence-electron chi connectivity index (χ2n) is 5.86.